The van der Waals surface area contributed by atoms with E-state index in [-0.39, 0.29) is 0 Å². The Kier molecular flexibility index (Phi) is 8.91. The van der Waals surface area contributed by atoms with Crippen molar-refractivity contribution in [1.29, 1.82) is 0 Å². The number of ether oxygens (including phenoxy) is 6. The molecule has 7 rings (SSSR count). The number of imidazole rings is 2. The van der Waals surface area contributed by atoms with E-state index in [0.717, 1.165) is 56.0 Å². The predicted octanol–water partition coefficient (Wildman–Crippen LogP) is 7.87. The van der Waals surface area contributed by atoms with Crippen LogP contribution >= 0.6 is 0 Å². The first-order valence-corrected chi connectivity index (χ1v) is 16.1. The largest absolute Gasteiger partial charge is 0.493 e. The molecule has 0 fully saturated rings. The maximum atomic E-state index is 5.68. The van der Waals surface area contributed by atoms with Crippen LogP contribution in [0.1, 0.15) is 11.1 Å². The molecule has 2 aromatic heterocycles. The summed E-state index contributed by atoms with van der Waals surface area (Å²) >= 11 is 0. The first-order chi connectivity index (χ1) is 24.5. The van der Waals surface area contributed by atoms with Gasteiger partial charge in [-0.05, 0) is 59.7 Å². The van der Waals surface area contributed by atoms with Crippen LogP contribution in [-0.2, 0) is 13.1 Å². The molecule has 0 radical (unpaired) electrons. The number of fused-ring (bicyclic) bond motifs is 2. The summed E-state index contributed by atoms with van der Waals surface area (Å²) in [6.07, 6.45) is 0. The molecule has 0 spiro atoms. The van der Waals surface area contributed by atoms with Crippen molar-refractivity contribution >= 4 is 22.1 Å². The summed E-state index contributed by atoms with van der Waals surface area (Å²) in [7, 11) is 9.67. The summed E-state index contributed by atoms with van der Waals surface area (Å²) in [5.74, 6) is 4.92. The number of hydrogen-bond acceptors (Lipinski definition) is 8. The number of para-hydroxylation sites is 4. The molecule has 10 heteroatoms. The van der Waals surface area contributed by atoms with E-state index in [4.69, 9.17) is 38.4 Å². The van der Waals surface area contributed by atoms with Crippen molar-refractivity contribution < 1.29 is 28.4 Å². The Balaban J connectivity index is 1.30. The second-order valence-electron chi connectivity index (χ2n) is 11.7. The number of rotatable bonds is 12. The molecule has 50 heavy (non-hydrogen) atoms. The molecular formula is C40H38N4O6. The monoisotopic (exact) mass is 670 g/mol. The number of benzene rings is 5. The van der Waals surface area contributed by atoms with Crippen molar-refractivity contribution in [3.63, 3.8) is 0 Å². The molecule has 0 aliphatic carbocycles. The Morgan fingerprint density at radius 2 is 0.820 bits per heavy atom. The molecule has 0 atom stereocenters. The van der Waals surface area contributed by atoms with E-state index in [1.165, 1.54) is 0 Å². The molecule has 7 aromatic rings. The lowest BCUT2D eigenvalue weighted by Crippen LogP contribution is -2.06. The second-order valence-corrected chi connectivity index (χ2v) is 11.7. The molecular weight excluding hydrogens is 632 g/mol. The fraction of sp³-hybridized carbons (Fsp3) is 0.200. The van der Waals surface area contributed by atoms with Crippen LogP contribution in [-0.4, -0.2) is 61.8 Å². The van der Waals surface area contributed by atoms with Gasteiger partial charge in [0, 0.05) is 24.2 Å². The third-order valence-corrected chi connectivity index (χ3v) is 8.83. The lowest BCUT2D eigenvalue weighted by molar-refractivity contribution is 0.324. The Hall–Kier alpha value is -6.16. The van der Waals surface area contributed by atoms with Gasteiger partial charge in [-0.1, -0.05) is 48.5 Å². The molecule has 254 valence electrons. The summed E-state index contributed by atoms with van der Waals surface area (Å²) in [6, 6.07) is 32.7. The number of nitrogens with zero attached hydrogens (tertiary/aromatic N) is 4. The average molecular weight is 671 g/mol. The lowest BCUT2D eigenvalue weighted by atomic mass is 10.1. The molecule has 0 bridgehead atoms. The van der Waals surface area contributed by atoms with Crippen molar-refractivity contribution in [2.45, 2.75) is 13.1 Å². The van der Waals surface area contributed by atoms with Gasteiger partial charge < -0.3 is 37.6 Å². The number of aromatic nitrogens is 4. The van der Waals surface area contributed by atoms with Crippen molar-refractivity contribution in [3.05, 3.63) is 108 Å². The Morgan fingerprint density at radius 3 is 1.18 bits per heavy atom. The van der Waals surface area contributed by atoms with Crippen molar-refractivity contribution in [1.82, 2.24) is 19.1 Å². The molecule has 0 saturated carbocycles. The van der Waals surface area contributed by atoms with Crippen LogP contribution in [0.2, 0.25) is 0 Å². The number of hydrogen-bond donors (Lipinski definition) is 0. The Morgan fingerprint density at radius 1 is 0.440 bits per heavy atom. The van der Waals surface area contributed by atoms with Crippen LogP contribution in [0.15, 0.2) is 97.1 Å². The first-order valence-electron chi connectivity index (χ1n) is 16.1. The SMILES string of the molecule is COc1cc(-c2nc3ccccc3n2Cc2cccc(Cn3c(-c4cc(OC)c(OC)c(OC)c4)nc4ccccc43)c2)cc(OC)c1OC. The van der Waals surface area contributed by atoms with Crippen LogP contribution < -0.4 is 28.4 Å². The summed E-state index contributed by atoms with van der Waals surface area (Å²) in [5.41, 5.74) is 7.79. The highest BCUT2D eigenvalue weighted by atomic mass is 16.5. The topological polar surface area (TPSA) is 91.0 Å². The minimum Gasteiger partial charge on any atom is -0.493 e. The lowest BCUT2D eigenvalue weighted by Gasteiger charge is -2.16. The maximum Gasteiger partial charge on any atom is 0.203 e. The standard InChI is InChI=1S/C40H38N4O6/c1-45-33-19-27(20-34(46-2)37(33)49-5)39-41-29-14-7-9-16-31(29)43(39)23-25-12-11-13-26(18-25)24-44-32-17-10-8-15-30(32)42-40(44)28-21-35(47-3)38(50-6)36(22-28)48-4/h7-22H,23-24H2,1-6H3. The van der Waals surface area contributed by atoms with E-state index in [1.807, 2.05) is 60.7 Å². The van der Waals surface area contributed by atoms with E-state index < -0.39 is 0 Å². The van der Waals surface area contributed by atoms with Crippen LogP contribution in [0.3, 0.4) is 0 Å². The highest BCUT2D eigenvalue weighted by Crippen LogP contribution is 2.43. The van der Waals surface area contributed by atoms with E-state index >= 15 is 0 Å². The smallest absolute Gasteiger partial charge is 0.203 e. The van der Waals surface area contributed by atoms with Crippen molar-refractivity contribution in [2.24, 2.45) is 0 Å². The average Bonchev–Trinajstić information content (AvgIpc) is 3.71. The van der Waals surface area contributed by atoms with Crippen LogP contribution in [0.4, 0.5) is 0 Å². The predicted molar refractivity (Wildman–Crippen MR) is 194 cm³/mol. The normalized spacial score (nSPS) is 11.2. The van der Waals surface area contributed by atoms with Gasteiger partial charge in [-0.15, -0.1) is 0 Å². The molecule has 5 aromatic carbocycles. The zero-order valence-electron chi connectivity index (χ0n) is 28.9. The van der Waals surface area contributed by atoms with Gasteiger partial charge in [0.25, 0.3) is 0 Å². The van der Waals surface area contributed by atoms with Gasteiger partial charge in [-0.2, -0.15) is 0 Å². The van der Waals surface area contributed by atoms with Gasteiger partial charge in [-0.25, -0.2) is 9.97 Å². The minimum atomic E-state index is 0.534. The highest BCUT2D eigenvalue weighted by Gasteiger charge is 2.21. The molecule has 2 heterocycles. The fourth-order valence-electron chi connectivity index (χ4n) is 6.52. The molecule has 0 unspecified atom stereocenters. The Labute approximate surface area is 290 Å². The van der Waals surface area contributed by atoms with Gasteiger partial charge >= 0.3 is 0 Å². The maximum absolute atomic E-state index is 5.68. The quantitative estimate of drug-likeness (QED) is 0.130. The van der Waals surface area contributed by atoms with E-state index in [9.17, 15) is 0 Å². The van der Waals surface area contributed by atoms with Crippen LogP contribution in [0, 0.1) is 0 Å². The van der Waals surface area contributed by atoms with E-state index in [2.05, 4.69) is 45.5 Å². The Bertz CT molecular complexity index is 2120. The zero-order valence-corrected chi connectivity index (χ0v) is 28.9. The van der Waals surface area contributed by atoms with Crippen molar-refractivity contribution in [2.75, 3.05) is 42.7 Å². The van der Waals surface area contributed by atoms with Gasteiger partial charge in [0.1, 0.15) is 11.6 Å². The third kappa shape index (κ3) is 5.78. The zero-order chi connectivity index (χ0) is 34.8. The summed E-state index contributed by atoms with van der Waals surface area (Å²) in [4.78, 5) is 10.1. The van der Waals surface area contributed by atoms with Gasteiger partial charge in [0.15, 0.2) is 23.0 Å². The van der Waals surface area contributed by atoms with Crippen molar-refractivity contribution in [3.8, 4) is 57.3 Å². The molecule has 0 amide bonds. The van der Waals surface area contributed by atoms with E-state index in [1.54, 1.807) is 42.7 Å². The van der Waals surface area contributed by atoms with Gasteiger partial charge in [-0.3, -0.25) is 0 Å². The minimum absolute atomic E-state index is 0.534. The van der Waals surface area contributed by atoms with E-state index in [0.29, 0.717) is 47.6 Å². The molecule has 0 N–H and O–H groups in total. The van der Waals surface area contributed by atoms with Gasteiger partial charge in [0.2, 0.25) is 11.5 Å². The molecule has 0 aliphatic rings. The molecule has 0 saturated heterocycles. The molecule has 10 nitrogen and oxygen atoms in total. The van der Waals surface area contributed by atoms with Crippen LogP contribution in [0.5, 0.6) is 34.5 Å². The highest BCUT2D eigenvalue weighted by molar-refractivity contribution is 5.83. The van der Waals surface area contributed by atoms with Gasteiger partial charge in [0.05, 0.1) is 64.7 Å². The summed E-state index contributed by atoms with van der Waals surface area (Å²) in [5, 5.41) is 0. The summed E-state index contributed by atoms with van der Waals surface area (Å²) < 4.78 is 38.3. The van der Waals surface area contributed by atoms with Crippen LogP contribution in [0.25, 0.3) is 44.8 Å². The number of methoxy groups -OCH3 is 6. The third-order valence-electron chi connectivity index (χ3n) is 8.83. The summed E-state index contributed by atoms with van der Waals surface area (Å²) in [6.45, 7) is 1.18. The molecule has 0 aliphatic heterocycles. The fourth-order valence-corrected chi connectivity index (χ4v) is 6.52. The first kappa shape index (κ1) is 32.4. The second kappa shape index (κ2) is 13.8.